The van der Waals surface area contributed by atoms with Gasteiger partial charge in [0.15, 0.2) is 5.82 Å². The largest absolute Gasteiger partial charge is 0.494 e. The minimum atomic E-state index is -1.27. The Morgan fingerprint density at radius 2 is 1.90 bits per heavy atom. The fourth-order valence-electron chi connectivity index (χ4n) is 4.97. The zero-order valence-corrected chi connectivity index (χ0v) is 25.7. The van der Waals surface area contributed by atoms with Crippen LogP contribution in [0.25, 0.3) is 32.5 Å². The van der Waals surface area contributed by atoms with Crippen LogP contribution in [-0.4, -0.2) is 40.8 Å². The van der Waals surface area contributed by atoms with Crippen molar-refractivity contribution in [2.45, 2.75) is 64.0 Å². The molecule has 1 saturated carbocycles. The van der Waals surface area contributed by atoms with E-state index in [2.05, 4.69) is 42.1 Å². The van der Waals surface area contributed by atoms with E-state index in [-0.39, 0.29) is 12.3 Å². The highest BCUT2D eigenvalue weighted by Crippen LogP contribution is 2.44. The molecule has 0 atom stereocenters. The van der Waals surface area contributed by atoms with Gasteiger partial charge in [0.2, 0.25) is 0 Å². The molecule has 0 bridgehead atoms. The number of hydrogen-bond donors (Lipinski definition) is 0. The molecule has 212 valence electrons. The van der Waals surface area contributed by atoms with E-state index >= 15 is 0 Å². The normalized spacial score (nSPS) is 13.7. The van der Waals surface area contributed by atoms with Gasteiger partial charge in [-0.2, -0.15) is 0 Å². The fraction of sp³-hybridized carbons (Fsp3) is 0.375. The van der Waals surface area contributed by atoms with Gasteiger partial charge in [-0.25, -0.2) is 4.98 Å². The van der Waals surface area contributed by atoms with E-state index in [0.29, 0.717) is 36.0 Å². The standard InChI is InChI=1S/C32H36N4O3SSi/c1-41(2,3)16-14-38-21-36-31(28-17-24-10-15-40-29(24)20-34-28)35-30-26(23-6-7-23)18-25(19-27(30)32(36)37)39-13-4-5-22-8-11-33-12-9-22/h8-12,15,17-20,23H,4-7,13-14,16,21H2,1-3H3. The van der Waals surface area contributed by atoms with Crippen LogP contribution in [0.15, 0.2) is 65.2 Å². The minimum Gasteiger partial charge on any atom is -0.494 e. The van der Waals surface area contributed by atoms with Crippen molar-refractivity contribution in [2.24, 2.45) is 0 Å². The number of aromatic nitrogens is 4. The van der Waals surface area contributed by atoms with Gasteiger partial charge >= 0.3 is 0 Å². The third-order valence-corrected chi connectivity index (χ3v) is 10.1. The van der Waals surface area contributed by atoms with Gasteiger partial charge in [-0.1, -0.05) is 19.6 Å². The molecule has 0 spiro atoms. The van der Waals surface area contributed by atoms with Gasteiger partial charge in [0, 0.05) is 33.3 Å². The van der Waals surface area contributed by atoms with Crippen molar-refractivity contribution in [3.63, 3.8) is 0 Å². The second-order valence-corrected chi connectivity index (χ2v) is 18.6. The zero-order chi connectivity index (χ0) is 28.4. The van der Waals surface area contributed by atoms with Gasteiger partial charge in [0.1, 0.15) is 18.2 Å². The molecule has 0 radical (unpaired) electrons. The van der Waals surface area contributed by atoms with Crippen molar-refractivity contribution in [3.8, 4) is 17.3 Å². The second-order valence-electron chi connectivity index (χ2n) is 12.0. The predicted octanol–water partition coefficient (Wildman–Crippen LogP) is 7.27. The molecule has 4 heterocycles. The maximum atomic E-state index is 14.2. The Hall–Kier alpha value is -3.40. The molecule has 0 saturated heterocycles. The van der Waals surface area contributed by atoms with Crippen LogP contribution in [0.5, 0.6) is 5.75 Å². The molecule has 1 aromatic carbocycles. The predicted molar refractivity (Wildman–Crippen MR) is 169 cm³/mol. The van der Waals surface area contributed by atoms with E-state index < -0.39 is 8.07 Å². The molecule has 1 aliphatic rings. The summed E-state index contributed by atoms with van der Waals surface area (Å²) in [6.07, 6.45) is 9.49. The number of nitrogens with zero attached hydrogens (tertiary/aromatic N) is 4. The van der Waals surface area contributed by atoms with E-state index in [1.807, 2.05) is 42.9 Å². The van der Waals surface area contributed by atoms with Crippen LogP contribution in [0, 0.1) is 0 Å². The molecule has 41 heavy (non-hydrogen) atoms. The molecule has 9 heteroatoms. The van der Waals surface area contributed by atoms with Gasteiger partial charge < -0.3 is 9.47 Å². The highest BCUT2D eigenvalue weighted by molar-refractivity contribution is 7.17. The first kappa shape index (κ1) is 27.8. The summed E-state index contributed by atoms with van der Waals surface area (Å²) >= 11 is 1.65. The summed E-state index contributed by atoms with van der Waals surface area (Å²) in [5.74, 6) is 1.68. The first-order chi connectivity index (χ1) is 19.9. The smallest absolute Gasteiger partial charge is 0.263 e. The van der Waals surface area contributed by atoms with Crippen LogP contribution < -0.4 is 10.3 Å². The summed E-state index contributed by atoms with van der Waals surface area (Å²) in [4.78, 5) is 28.1. The summed E-state index contributed by atoms with van der Waals surface area (Å²) in [6.45, 7) is 8.30. The lowest BCUT2D eigenvalue weighted by Crippen LogP contribution is -2.27. The summed E-state index contributed by atoms with van der Waals surface area (Å²) in [7, 11) is -1.27. The lowest BCUT2D eigenvalue weighted by molar-refractivity contribution is 0.0856. The van der Waals surface area contributed by atoms with Crippen LogP contribution in [0.1, 0.15) is 36.3 Å². The average molecular weight is 585 g/mol. The van der Waals surface area contributed by atoms with Gasteiger partial charge in [-0.15, -0.1) is 11.3 Å². The van der Waals surface area contributed by atoms with Crippen LogP contribution >= 0.6 is 11.3 Å². The third kappa shape index (κ3) is 6.58. The third-order valence-electron chi connectivity index (χ3n) is 7.49. The number of aryl methyl sites for hydroxylation is 1. The van der Waals surface area contributed by atoms with Crippen molar-refractivity contribution in [2.75, 3.05) is 13.2 Å². The minimum absolute atomic E-state index is 0.116. The lowest BCUT2D eigenvalue weighted by Gasteiger charge is -2.18. The van der Waals surface area contributed by atoms with Crippen molar-refractivity contribution in [1.82, 2.24) is 19.5 Å². The second kappa shape index (κ2) is 11.8. The molecule has 0 N–H and O–H groups in total. The first-order valence-corrected chi connectivity index (χ1v) is 19.0. The Bertz CT molecular complexity index is 1720. The van der Waals surface area contributed by atoms with Crippen molar-refractivity contribution >= 4 is 40.4 Å². The highest BCUT2D eigenvalue weighted by atomic mass is 32.1. The summed E-state index contributed by atoms with van der Waals surface area (Å²) in [6, 6.07) is 13.1. The molecule has 5 aromatic rings. The molecule has 7 nitrogen and oxygen atoms in total. The molecule has 4 aromatic heterocycles. The Labute approximate surface area is 245 Å². The maximum Gasteiger partial charge on any atom is 0.263 e. The number of ether oxygens (including phenoxy) is 2. The first-order valence-electron chi connectivity index (χ1n) is 14.4. The zero-order valence-electron chi connectivity index (χ0n) is 23.9. The van der Waals surface area contributed by atoms with Crippen LogP contribution in [0.3, 0.4) is 0 Å². The monoisotopic (exact) mass is 584 g/mol. The SMILES string of the molecule is C[Si](C)(C)CCOCn1c(-c2cc3ccsc3cn2)nc2c(C3CC3)cc(OCCCc3ccncc3)cc2c1=O. The summed E-state index contributed by atoms with van der Waals surface area (Å²) in [5, 5.41) is 3.73. The van der Waals surface area contributed by atoms with Gasteiger partial charge in [0.25, 0.3) is 5.56 Å². The molecular weight excluding hydrogens is 549 g/mol. The maximum absolute atomic E-state index is 14.2. The number of hydrogen-bond acceptors (Lipinski definition) is 7. The summed E-state index contributed by atoms with van der Waals surface area (Å²) < 4.78 is 15.1. The lowest BCUT2D eigenvalue weighted by atomic mass is 10.1. The Balaban J connectivity index is 1.36. The van der Waals surface area contributed by atoms with Gasteiger partial charge in [-0.3, -0.25) is 19.3 Å². The number of pyridine rings is 2. The number of rotatable bonds is 12. The topological polar surface area (TPSA) is 79.1 Å². The van der Waals surface area contributed by atoms with E-state index in [4.69, 9.17) is 19.4 Å². The molecule has 0 amide bonds. The van der Waals surface area contributed by atoms with E-state index in [1.54, 1.807) is 15.9 Å². The van der Waals surface area contributed by atoms with Gasteiger partial charge in [0.05, 0.1) is 22.2 Å². The molecule has 1 aliphatic carbocycles. The molecule has 6 rings (SSSR count). The van der Waals surface area contributed by atoms with Crippen LogP contribution in [0.4, 0.5) is 0 Å². The fourth-order valence-corrected chi connectivity index (χ4v) is 6.46. The Morgan fingerprint density at radius 3 is 2.68 bits per heavy atom. The molecule has 0 aliphatic heterocycles. The summed E-state index contributed by atoms with van der Waals surface area (Å²) in [5.41, 5.74) is 3.65. The van der Waals surface area contributed by atoms with Crippen molar-refractivity contribution < 1.29 is 9.47 Å². The quantitative estimate of drug-likeness (QED) is 0.113. The molecular formula is C32H36N4O3SSi. The Morgan fingerprint density at radius 1 is 1.07 bits per heavy atom. The molecule has 0 unspecified atom stereocenters. The Kier molecular flexibility index (Phi) is 8.01. The van der Waals surface area contributed by atoms with E-state index in [1.165, 1.54) is 5.56 Å². The number of fused-ring (bicyclic) bond motifs is 2. The average Bonchev–Trinajstić information content (AvgIpc) is 3.70. The molecule has 1 fully saturated rings. The number of thiophene rings is 1. The highest BCUT2D eigenvalue weighted by Gasteiger charge is 2.29. The van der Waals surface area contributed by atoms with Crippen LogP contribution in [-0.2, 0) is 17.9 Å². The van der Waals surface area contributed by atoms with Gasteiger partial charge in [-0.05, 0) is 95.9 Å². The number of benzene rings is 1. The van der Waals surface area contributed by atoms with Crippen molar-refractivity contribution in [1.29, 1.82) is 0 Å². The van der Waals surface area contributed by atoms with E-state index in [9.17, 15) is 4.79 Å². The van der Waals surface area contributed by atoms with Crippen LogP contribution in [0.2, 0.25) is 25.7 Å². The van der Waals surface area contributed by atoms with Crippen molar-refractivity contribution in [3.05, 3.63) is 81.8 Å². The van der Waals surface area contributed by atoms with E-state index in [0.717, 1.165) is 58.6 Å².